The zero-order valence-corrected chi connectivity index (χ0v) is 9.57. The lowest BCUT2D eigenvalue weighted by atomic mass is 10.1. The fourth-order valence-electron chi connectivity index (χ4n) is 1.50. The number of hydrogen-bond donors (Lipinski definition) is 1. The van der Waals surface area contributed by atoms with E-state index >= 15 is 0 Å². The predicted molar refractivity (Wildman–Crippen MR) is 62.3 cm³/mol. The largest absolute Gasteiger partial charge is 0.305 e. The van der Waals surface area contributed by atoms with Gasteiger partial charge in [-0.1, -0.05) is 6.07 Å². The van der Waals surface area contributed by atoms with E-state index in [0.717, 1.165) is 5.56 Å². The number of nitrogens with zero attached hydrogens (tertiary/aromatic N) is 2. The van der Waals surface area contributed by atoms with Crippen molar-refractivity contribution < 1.29 is 9.18 Å². The summed E-state index contributed by atoms with van der Waals surface area (Å²) in [6.45, 7) is 1.76. The van der Waals surface area contributed by atoms with E-state index in [1.165, 1.54) is 12.1 Å². The summed E-state index contributed by atoms with van der Waals surface area (Å²) in [5, 5.41) is 6.63. The van der Waals surface area contributed by atoms with Gasteiger partial charge in [-0.15, -0.1) is 0 Å². The van der Waals surface area contributed by atoms with Crippen LogP contribution in [-0.2, 0) is 7.05 Å². The Morgan fingerprint density at radius 2 is 2.18 bits per heavy atom. The molecule has 0 aliphatic rings. The van der Waals surface area contributed by atoms with E-state index in [-0.39, 0.29) is 5.91 Å². The molecule has 4 nitrogen and oxygen atoms in total. The van der Waals surface area contributed by atoms with E-state index in [1.807, 2.05) is 0 Å². The van der Waals surface area contributed by atoms with Gasteiger partial charge in [-0.25, -0.2) is 4.39 Å². The Kier molecular flexibility index (Phi) is 2.91. The number of aromatic nitrogens is 2. The summed E-state index contributed by atoms with van der Waals surface area (Å²) in [6, 6.07) is 5.79. The van der Waals surface area contributed by atoms with Crippen LogP contribution in [0.15, 0.2) is 30.5 Å². The number of benzene rings is 1. The van der Waals surface area contributed by atoms with Gasteiger partial charge in [0.2, 0.25) is 0 Å². The molecule has 0 aliphatic heterocycles. The van der Waals surface area contributed by atoms with Crippen LogP contribution in [0.1, 0.15) is 15.9 Å². The summed E-state index contributed by atoms with van der Waals surface area (Å²) in [6.07, 6.45) is 1.72. The molecule has 1 aromatic carbocycles. The zero-order chi connectivity index (χ0) is 12.4. The van der Waals surface area contributed by atoms with Crippen molar-refractivity contribution in [3.8, 4) is 0 Å². The van der Waals surface area contributed by atoms with E-state index < -0.39 is 5.82 Å². The van der Waals surface area contributed by atoms with Gasteiger partial charge in [0.05, 0.1) is 0 Å². The van der Waals surface area contributed by atoms with Crippen LogP contribution in [0, 0.1) is 12.7 Å². The summed E-state index contributed by atoms with van der Waals surface area (Å²) in [7, 11) is 1.75. The maximum absolute atomic E-state index is 13.1. The number of rotatable bonds is 2. The third kappa shape index (κ3) is 2.50. The zero-order valence-electron chi connectivity index (χ0n) is 9.57. The molecule has 0 bridgehead atoms. The van der Waals surface area contributed by atoms with Crippen molar-refractivity contribution >= 4 is 11.7 Å². The quantitative estimate of drug-likeness (QED) is 0.863. The first-order valence-corrected chi connectivity index (χ1v) is 5.13. The topological polar surface area (TPSA) is 46.9 Å². The van der Waals surface area contributed by atoms with Crippen LogP contribution in [0.4, 0.5) is 10.2 Å². The highest BCUT2D eigenvalue weighted by Crippen LogP contribution is 2.12. The first kappa shape index (κ1) is 11.3. The van der Waals surface area contributed by atoms with Gasteiger partial charge < -0.3 is 5.32 Å². The number of carbonyl (C=O) groups is 1. The van der Waals surface area contributed by atoms with Gasteiger partial charge in [-0.3, -0.25) is 9.48 Å². The molecule has 1 heterocycles. The second-order valence-corrected chi connectivity index (χ2v) is 3.79. The fraction of sp³-hybridized carbons (Fsp3) is 0.167. The van der Waals surface area contributed by atoms with Gasteiger partial charge in [0.25, 0.3) is 5.91 Å². The number of anilines is 1. The molecule has 0 fully saturated rings. The Morgan fingerprint density at radius 1 is 1.41 bits per heavy atom. The molecule has 0 saturated carbocycles. The normalized spacial score (nSPS) is 10.3. The number of halogens is 1. The predicted octanol–water partition coefficient (Wildman–Crippen LogP) is 2.12. The van der Waals surface area contributed by atoms with Crippen molar-refractivity contribution in [2.45, 2.75) is 6.92 Å². The van der Waals surface area contributed by atoms with E-state index in [4.69, 9.17) is 0 Å². The van der Waals surface area contributed by atoms with Crippen molar-refractivity contribution in [2.75, 3.05) is 5.32 Å². The molecule has 2 aromatic rings. The Hall–Kier alpha value is -2.17. The van der Waals surface area contributed by atoms with Gasteiger partial charge in [0.1, 0.15) is 5.82 Å². The highest BCUT2D eigenvalue weighted by Gasteiger charge is 2.11. The molecular formula is C12H12FN3O. The van der Waals surface area contributed by atoms with Gasteiger partial charge in [0.15, 0.2) is 5.82 Å². The Balaban J connectivity index is 2.22. The molecule has 5 heteroatoms. The lowest BCUT2D eigenvalue weighted by Crippen LogP contribution is -2.14. The highest BCUT2D eigenvalue weighted by atomic mass is 19.1. The van der Waals surface area contributed by atoms with Crippen LogP contribution in [-0.4, -0.2) is 15.7 Å². The molecule has 17 heavy (non-hydrogen) atoms. The summed E-state index contributed by atoms with van der Waals surface area (Å²) >= 11 is 0. The minimum Gasteiger partial charge on any atom is -0.305 e. The molecule has 0 unspecified atom stereocenters. The van der Waals surface area contributed by atoms with Crippen molar-refractivity contribution in [2.24, 2.45) is 7.05 Å². The van der Waals surface area contributed by atoms with Gasteiger partial charge in [-0.05, 0) is 24.6 Å². The Morgan fingerprint density at radius 3 is 2.82 bits per heavy atom. The summed E-state index contributed by atoms with van der Waals surface area (Å²) in [5.74, 6) is -0.344. The van der Waals surface area contributed by atoms with Crippen molar-refractivity contribution in [3.63, 3.8) is 0 Å². The first-order valence-electron chi connectivity index (χ1n) is 5.13. The van der Waals surface area contributed by atoms with E-state index in [0.29, 0.717) is 11.4 Å². The van der Waals surface area contributed by atoms with Crippen LogP contribution in [0.2, 0.25) is 0 Å². The molecular weight excluding hydrogens is 221 g/mol. The average molecular weight is 233 g/mol. The average Bonchev–Trinajstić information content (AvgIpc) is 2.67. The Labute approximate surface area is 98.1 Å². The minimum atomic E-state index is -0.429. The second-order valence-electron chi connectivity index (χ2n) is 3.79. The lowest BCUT2D eigenvalue weighted by molar-refractivity contribution is 0.102. The maximum atomic E-state index is 13.1. The first-order chi connectivity index (χ1) is 8.06. The summed E-state index contributed by atoms with van der Waals surface area (Å²) < 4.78 is 14.6. The number of amides is 1. The van der Waals surface area contributed by atoms with Crippen molar-refractivity contribution in [1.82, 2.24) is 9.78 Å². The van der Waals surface area contributed by atoms with E-state index in [9.17, 15) is 9.18 Å². The third-order valence-corrected chi connectivity index (χ3v) is 2.40. The van der Waals surface area contributed by atoms with E-state index in [1.54, 1.807) is 37.0 Å². The molecule has 0 saturated heterocycles. The van der Waals surface area contributed by atoms with Crippen LogP contribution in [0.3, 0.4) is 0 Å². The summed E-state index contributed by atoms with van der Waals surface area (Å²) in [4.78, 5) is 11.9. The SMILES string of the molecule is Cc1ccc(F)cc1C(=O)Nc1ccn(C)n1. The van der Waals surface area contributed by atoms with Gasteiger partial charge >= 0.3 is 0 Å². The molecule has 0 atom stereocenters. The molecule has 88 valence electrons. The van der Waals surface area contributed by atoms with Crippen LogP contribution in [0.5, 0.6) is 0 Å². The van der Waals surface area contributed by atoms with Gasteiger partial charge in [-0.2, -0.15) is 5.10 Å². The smallest absolute Gasteiger partial charge is 0.257 e. The number of nitrogens with one attached hydrogen (secondary N) is 1. The number of carbonyl (C=O) groups excluding carboxylic acids is 1. The number of hydrogen-bond acceptors (Lipinski definition) is 2. The molecule has 2 rings (SSSR count). The maximum Gasteiger partial charge on any atom is 0.257 e. The van der Waals surface area contributed by atoms with E-state index in [2.05, 4.69) is 10.4 Å². The van der Waals surface area contributed by atoms with Crippen LogP contribution < -0.4 is 5.32 Å². The van der Waals surface area contributed by atoms with Gasteiger partial charge in [0, 0.05) is 24.9 Å². The fourth-order valence-corrected chi connectivity index (χ4v) is 1.50. The minimum absolute atomic E-state index is 0.315. The van der Waals surface area contributed by atoms with Crippen molar-refractivity contribution in [3.05, 3.63) is 47.4 Å². The van der Waals surface area contributed by atoms with Crippen LogP contribution in [0.25, 0.3) is 0 Å². The molecule has 1 N–H and O–H groups in total. The molecule has 0 radical (unpaired) electrons. The monoisotopic (exact) mass is 233 g/mol. The second kappa shape index (κ2) is 4.37. The third-order valence-electron chi connectivity index (χ3n) is 2.40. The van der Waals surface area contributed by atoms with Crippen molar-refractivity contribution in [1.29, 1.82) is 0 Å². The molecule has 1 aromatic heterocycles. The lowest BCUT2D eigenvalue weighted by Gasteiger charge is -2.05. The molecule has 0 aliphatic carbocycles. The Bertz CT molecular complexity index is 563. The molecule has 0 spiro atoms. The summed E-state index contributed by atoms with van der Waals surface area (Å²) in [5.41, 5.74) is 1.04. The highest BCUT2D eigenvalue weighted by molar-refractivity contribution is 6.04. The van der Waals surface area contributed by atoms with Crippen LogP contribution >= 0.6 is 0 Å². The number of aryl methyl sites for hydroxylation is 2. The standard InChI is InChI=1S/C12H12FN3O/c1-8-3-4-9(13)7-10(8)12(17)14-11-5-6-16(2)15-11/h3-7H,1-2H3,(H,14,15,17). The molecule has 1 amide bonds.